The Labute approximate surface area is 126 Å². The Bertz CT molecular complexity index is 816. The molecule has 3 rings (SSSR count). The van der Waals surface area contributed by atoms with Crippen LogP contribution in [0.15, 0.2) is 18.5 Å². The van der Waals surface area contributed by atoms with Gasteiger partial charge >= 0.3 is 10.3 Å². The van der Waals surface area contributed by atoms with Gasteiger partial charge in [-0.05, 0) is 6.42 Å². The van der Waals surface area contributed by atoms with Crippen LogP contribution in [0.25, 0.3) is 11.2 Å². The highest BCUT2D eigenvalue weighted by Crippen LogP contribution is 2.30. The molecule has 2 aromatic heterocycles. The fourth-order valence-corrected chi connectivity index (χ4v) is 2.78. The van der Waals surface area contributed by atoms with Crippen molar-refractivity contribution in [2.45, 2.75) is 12.5 Å². The Morgan fingerprint density at radius 3 is 3.00 bits per heavy atom. The van der Waals surface area contributed by atoms with Gasteiger partial charge in [0, 0.05) is 13.0 Å². The van der Waals surface area contributed by atoms with Gasteiger partial charge in [-0.15, -0.1) is 5.10 Å². The summed E-state index contributed by atoms with van der Waals surface area (Å²) in [5.74, 6) is 0.542. The second-order valence-electron chi connectivity index (χ2n) is 4.90. The van der Waals surface area contributed by atoms with Crippen LogP contribution < -0.4 is 10.5 Å². The molecule has 11 heteroatoms. The van der Waals surface area contributed by atoms with E-state index in [0.29, 0.717) is 23.4 Å². The summed E-state index contributed by atoms with van der Waals surface area (Å²) in [6, 6.07) is -0.0707. The Morgan fingerprint density at radius 2 is 2.27 bits per heavy atom. The minimum Gasteiger partial charge on any atom is -0.371 e. The van der Waals surface area contributed by atoms with Crippen LogP contribution in [0.1, 0.15) is 12.5 Å². The van der Waals surface area contributed by atoms with E-state index in [-0.39, 0.29) is 18.6 Å². The normalized spacial score (nSPS) is 21.5. The predicted octanol–water partition coefficient (Wildman–Crippen LogP) is -0.400. The lowest BCUT2D eigenvalue weighted by molar-refractivity contribution is 0.269. The first-order chi connectivity index (χ1) is 10.5. The first-order valence-electron chi connectivity index (χ1n) is 6.57. The average molecular weight is 325 g/mol. The smallest absolute Gasteiger partial charge is 0.333 e. The third-order valence-corrected chi connectivity index (χ3v) is 3.87. The molecule has 3 N–H and O–H groups in total. The summed E-state index contributed by atoms with van der Waals surface area (Å²) in [5.41, 5.74) is 1.20. The molecule has 0 saturated heterocycles. The van der Waals surface area contributed by atoms with Gasteiger partial charge in [-0.1, -0.05) is 17.4 Å². The maximum Gasteiger partial charge on any atom is 0.333 e. The third kappa shape index (κ3) is 2.91. The zero-order valence-electron chi connectivity index (χ0n) is 11.7. The van der Waals surface area contributed by atoms with E-state index in [2.05, 4.69) is 29.8 Å². The van der Waals surface area contributed by atoms with Crippen molar-refractivity contribution in [3.63, 3.8) is 0 Å². The summed E-state index contributed by atoms with van der Waals surface area (Å²) < 4.78 is 28.0. The molecule has 1 aliphatic carbocycles. The van der Waals surface area contributed by atoms with Crippen LogP contribution in [-0.2, 0) is 14.5 Å². The minimum absolute atomic E-state index is 0.00914. The van der Waals surface area contributed by atoms with Crippen LogP contribution in [0, 0.1) is 5.92 Å². The summed E-state index contributed by atoms with van der Waals surface area (Å²) in [7, 11) is -2.18. The van der Waals surface area contributed by atoms with Crippen molar-refractivity contribution in [1.82, 2.24) is 25.0 Å². The molecule has 0 amide bonds. The zero-order chi connectivity index (χ0) is 15.7. The molecule has 0 saturated carbocycles. The Kier molecular flexibility index (Phi) is 3.76. The SMILES string of the molecule is CNc1ncnc2c1nnn2[C@H]1C=C[C@@H](COS(N)(=O)=O)C1. The second-order valence-corrected chi connectivity index (χ2v) is 6.13. The second kappa shape index (κ2) is 5.59. The van der Waals surface area contributed by atoms with Gasteiger partial charge in [0.25, 0.3) is 0 Å². The van der Waals surface area contributed by atoms with E-state index in [4.69, 9.17) is 5.14 Å². The van der Waals surface area contributed by atoms with Crippen molar-refractivity contribution >= 4 is 27.3 Å². The molecule has 1 aliphatic rings. The number of hydrogen-bond acceptors (Lipinski definition) is 8. The molecular formula is C11H15N7O3S. The van der Waals surface area contributed by atoms with Crippen LogP contribution in [0.5, 0.6) is 0 Å². The minimum atomic E-state index is -3.92. The van der Waals surface area contributed by atoms with Gasteiger partial charge in [-0.2, -0.15) is 8.42 Å². The lowest BCUT2D eigenvalue weighted by Crippen LogP contribution is -2.20. The van der Waals surface area contributed by atoms with Gasteiger partial charge in [0.1, 0.15) is 6.33 Å². The number of allylic oxidation sites excluding steroid dienone is 1. The lowest BCUT2D eigenvalue weighted by atomic mass is 10.1. The molecule has 0 bridgehead atoms. The van der Waals surface area contributed by atoms with Crippen LogP contribution in [-0.4, -0.2) is 47.0 Å². The van der Waals surface area contributed by atoms with Crippen LogP contribution in [0.4, 0.5) is 5.82 Å². The van der Waals surface area contributed by atoms with E-state index < -0.39 is 10.3 Å². The quantitative estimate of drug-likeness (QED) is 0.708. The van der Waals surface area contributed by atoms with Crippen LogP contribution in [0.2, 0.25) is 0 Å². The maximum absolute atomic E-state index is 10.8. The fraction of sp³-hybridized carbons (Fsp3) is 0.455. The molecule has 2 aromatic rings. The summed E-state index contributed by atoms with van der Waals surface area (Å²) in [6.45, 7) is 0.00914. The van der Waals surface area contributed by atoms with E-state index in [1.807, 2.05) is 12.2 Å². The molecular weight excluding hydrogens is 310 g/mol. The Morgan fingerprint density at radius 1 is 1.45 bits per heavy atom. The first-order valence-corrected chi connectivity index (χ1v) is 8.04. The molecule has 10 nitrogen and oxygen atoms in total. The van der Waals surface area contributed by atoms with E-state index in [9.17, 15) is 8.42 Å². The summed E-state index contributed by atoms with van der Waals surface area (Å²) in [4.78, 5) is 8.29. The summed E-state index contributed by atoms with van der Waals surface area (Å²) in [6.07, 6.45) is 5.87. The molecule has 2 heterocycles. The van der Waals surface area contributed by atoms with Crippen molar-refractivity contribution in [2.24, 2.45) is 11.1 Å². The van der Waals surface area contributed by atoms with Gasteiger partial charge in [0.05, 0.1) is 12.6 Å². The van der Waals surface area contributed by atoms with E-state index in [0.717, 1.165) is 0 Å². The van der Waals surface area contributed by atoms with Crippen molar-refractivity contribution in [2.75, 3.05) is 19.0 Å². The number of anilines is 1. The van der Waals surface area contributed by atoms with Crippen molar-refractivity contribution < 1.29 is 12.6 Å². The van der Waals surface area contributed by atoms with E-state index >= 15 is 0 Å². The first kappa shape index (κ1) is 14.8. The lowest BCUT2D eigenvalue weighted by Gasteiger charge is -2.12. The highest BCUT2D eigenvalue weighted by molar-refractivity contribution is 7.84. The molecule has 0 radical (unpaired) electrons. The topological polar surface area (TPSA) is 138 Å². The predicted molar refractivity (Wildman–Crippen MR) is 78.0 cm³/mol. The molecule has 0 aromatic carbocycles. The molecule has 0 unspecified atom stereocenters. The number of fused-ring (bicyclic) bond motifs is 1. The molecule has 118 valence electrons. The largest absolute Gasteiger partial charge is 0.371 e. The number of nitrogens with zero attached hydrogens (tertiary/aromatic N) is 5. The van der Waals surface area contributed by atoms with Crippen molar-refractivity contribution in [1.29, 1.82) is 0 Å². The molecule has 22 heavy (non-hydrogen) atoms. The highest BCUT2D eigenvalue weighted by atomic mass is 32.2. The Hall–Kier alpha value is -2.11. The van der Waals surface area contributed by atoms with Crippen molar-refractivity contribution in [3.05, 3.63) is 18.5 Å². The number of hydrogen-bond donors (Lipinski definition) is 2. The number of rotatable bonds is 5. The van der Waals surface area contributed by atoms with Crippen LogP contribution >= 0.6 is 0 Å². The third-order valence-electron chi connectivity index (χ3n) is 3.41. The highest BCUT2D eigenvalue weighted by Gasteiger charge is 2.25. The zero-order valence-corrected chi connectivity index (χ0v) is 12.6. The summed E-state index contributed by atoms with van der Waals surface area (Å²) >= 11 is 0. The molecule has 0 spiro atoms. The molecule has 2 atom stereocenters. The monoisotopic (exact) mass is 325 g/mol. The van der Waals surface area contributed by atoms with Gasteiger partial charge < -0.3 is 5.32 Å². The Balaban J connectivity index is 1.78. The molecule has 0 aliphatic heterocycles. The van der Waals surface area contributed by atoms with E-state index in [1.165, 1.54) is 6.33 Å². The maximum atomic E-state index is 10.8. The number of nitrogens with two attached hydrogens (primary N) is 1. The van der Waals surface area contributed by atoms with Gasteiger partial charge in [-0.3, -0.25) is 4.18 Å². The van der Waals surface area contributed by atoms with E-state index in [1.54, 1.807) is 11.7 Å². The number of nitrogens with one attached hydrogen (secondary N) is 1. The van der Waals surface area contributed by atoms with Gasteiger partial charge in [0.15, 0.2) is 17.0 Å². The van der Waals surface area contributed by atoms with Crippen LogP contribution in [0.3, 0.4) is 0 Å². The van der Waals surface area contributed by atoms with Gasteiger partial charge in [-0.25, -0.2) is 19.8 Å². The van der Waals surface area contributed by atoms with Gasteiger partial charge in [0.2, 0.25) is 0 Å². The average Bonchev–Trinajstić information content (AvgIpc) is 3.10. The number of aromatic nitrogens is 5. The van der Waals surface area contributed by atoms with Crippen molar-refractivity contribution in [3.8, 4) is 0 Å². The molecule has 0 fully saturated rings. The standard InChI is InChI=1S/C11H15N7O3S/c1-13-10-9-11(15-6-14-10)18(17-16-9)8-3-2-7(4-8)5-21-22(12,19)20/h2-3,6-8H,4-5H2,1H3,(H2,12,19,20)(H,13,14,15)/t7-,8+/m1/s1. The summed E-state index contributed by atoms with van der Waals surface area (Å²) in [5, 5.41) is 16.0. The fourth-order valence-electron chi connectivity index (χ4n) is 2.41.